The molecule has 1 saturated carbocycles. The fourth-order valence-corrected chi connectivity index (χ4v) is 3.57. The molecule has 2 aromatic rings. The third kappa shape index (κ3) is 6.02. The van der Waals surface area contributed by atoms with Gasteiger partial charge >= 0.3 is 0 Å². The van der Waals surface area contributed by atoms with Crippen LogP contribution in [-0.2, 0) is 4.79 Å². The maximum absolute atomic E-state index is 12.4. The maximum atomic E-state index is 12.4. The van der Waals surface area contributed by atoms with Gasteiger partial charge in [0.25, 0.3) is 5.91 Å². The molecule has 2 aromatic carbocycles. The van der Waals surface area contributed by atoms with Crippen molar-refractivity contribution in [2.45, 2.75) is 32.1 Å². The Morgan fingerprint density at radius 2 is 1.62 bits per heavy atom. The number of amides is 2. The number of benzene rings is 2. The number of hydrogen-bond donors (Lipinski definition) is 3. The minimum atomic E-state index is -0.313. The number of thiocarbonyl (C=S) groups is 1. The number of carbonyl (C=O) groups excluding carboxylic acids is 2. The lowest BCUT2D eigenvalue weighted by molar-refractivity contribution is -0.120. The van der Waals surface area contributed by atoms with E-state index in [1.165, 1.54) is 6.42 Å². The summed E-state index contributed by atoms with van der Waals surface area (Å²) in [5, 5.41) is 8.79. The molecular weight excluding hydrogens is 386 g/mol. The van der Waals surface area contributed by atoms with Gasteiger partial charge in [-0.05, 0) is 67.5 Å². The first-order valence-corrected chi connectivity index (χ1v) is 10.1. The second-order valence-corrected chi connectivity index (χ2v) is 7.45. The topological polar surface area (TPSA) is 79.5 Å². The van der Waals surface area contributed by atoms with Crippen LogP contribution in [0.4, 0.5) is 11.4 Å². The van der Waals surface area contributed by atoms with E-state index < -0.39 is 0 Å². The number of hydrogen-bond acceptors (Lipinski definition) is 4. The standard InChI is InChI=1S/C22H25N3O3S/c1-28-19-12-10-16(11-13-19)21(27)25-22(29)24-18-9-5-8-17(14-18)23-20(26)15-6-3-2-4-7-15/h5,8-15H,2-4,6-7H2,1H3,(H,23,26)(H2,24,25,27,29). The van der Waals surface area contributed by atoms with Crippen LogP contribution in [0.5, 0.6) is 5.75 Å². The van der Waals surface area contributed by atoms with Gasteiger partial charge in [0.15, 0.2) is 5.11 Å². The molecule has 152 valence electrons. The second kappa shape index (κ2) is 10.0. The predicted molar refractivity (Wildman–Crippen MR) is 118 cm³/mol. The van der Waals surface area contributed by atoms with Crippen LogP contribution in [0, 0.1) is 5.92 Å². The summed E-state index contributed by atoms with van der Waals surface area (Å²) in [6, 6.07) is 14.0. The van der Waals surface area contributed by atoms with Crippen LogP contribution in [0.2, 0.25) is 0 Å². The van der Waals surface area contributed by atoms with Gasteiger partial charge in [-0.3, -0.25) is 14.9 Å². The lowest BCUT2D eigenvalue weighted by Gasteiger charge is -2.21. The van der Waals surface area contributed by atoms with Gasteiger partial charge in [-0.25, -0.2) is 0 Å². The highest BCUT2D eigenvalue weighted by Gasteiger charge is 2.21. The summed E-state index contributed by atoms with van der Waals surface area (Å²) >= 11 is 5.24. The number of carbonyl (C=O) groups is 2. The molecule has 3 N–H and O–H groups in total. The van der Waals surface area contributed by atoms with Crippen LogP contribution in [0.25, 0.3) is 0 Å². The van der Waals surface area contributed by atoms with Crippen LogP contribution in [0.3, 0.4) is 0 Å². The van der Waals surface area contributed by atoms with E-state index in [0.29, 0.717) is 22.7 Å². The van der Waals surface area contributed by atoms with E-state index in [0.717, 1.165) is 25.7 Å². The minimum absolute atomic E-state index is 0.0669. The van der Waals surface area contributed by atoms with E-state index in [1.807, 2.05) is 18.2 Å². The summed E-state index contributed by atoms with van der Waals surface area (Å²) in [6.07, 6.45) is 5.34. The van der Waals surface area contributed by atoms with Gasteiger partial charge in [0, 0.05) is 22.9 Å². The molecule has 0 aliphatic heterocycles. The van der Waals surface area contributed by atoms with Gasteiger partial charge < -0.3 is 15.4 Å². The van der Waals surface area contributed by atoms with Crippen molar-refractivity contribution in [2.24, 2.45) is 5.92 Å². The van der Waals surface area contributed by atoms with Crippen LogP contribution < -0.4 is 20.7 Å². The molecule has 0 aromatic heterocycles. The molecule has 6 nitrogen and oxygen atoms in total. The maximum Gasteiger partial charge on any atom is 0.257 e. The van der Waals surface area contributed by atoms with E-state index in [4.69, 9.17) is 17.0 Å². The highest BCUT2D eigenvalue weighted by molar-refractivity contribution is 7.80. The number of nitrogens with one attached hydrogen (secondary N) is 3. The van der Waals surface area contributed by atoms with Crippen molar-refractivity contribution in [1.29, 1.82) is 0 Å². The molecule has 1 aliphatic rings. The predicted octanol–water partition coefficient (Wildman–Crippen LogP) is 4.34. The number of anilines is 2. The van der Waals surface area contributed by atoms with E-state index in [-0.39, 0.29) is 22.8 Å². The number of ether oxygens (including phenoxy) is 1. The van der Waals surface area contributed by atoms with Crippen molar-refractivity contribution >= 4 is 40.5 Å². The largest absolute Gasteiger partial charge is 0.497 e. The molecule has 0 bridgehead atoms. The minimum Gasteiger partial charge on any atom is -0.497 e. The van der Waals surface area contributed by atoms with Gasteiger partial charge in [0.05, 0.1) is 7.11 Å². The highest BCUT2D eigenvalue weighted by atomic mass is 32.1. The quantitative estimate of drug-likeness (QED) is 0.638. The van der Waals surface area contributed by atoms with E-state index in [9.17, 15) is 9.59 Å². The molecule has 29 heavy (non-hydrogen) atoms. The molecule has 0 heterocycles. The molecule has 7 heteroatoms. The smallest absolute Gasteiger partial charge is 0.257 e. The molecule has 0 atom stereocenters. The van der Waals surface area contributed by atoms with Crippen molar-refractivity contribution < 1.29 is 14.3 Å². The van der Waals surface area contributed by atoms with Crippen LogP contribution in [-0.4, -0.2) is 24.0 Å². The van der Waals surface area contributed by atoms with E-state index in [1.54, 1.807) is 37.4 Å². The Labute approximate surface area is 176 Å². The Morgan fingerprint density at radius 3 is 2.28 bits per heavy atom. The van der Waals surface area contributed by atoms with Gasteiger partial charge in [-0.15, -0.1) is 0 Å². The van der Waals surface area contributed by atoms with Crippen LogP contribution in [0.1, 0.15) is 42.5 Å². The van der Waals surface area contributed by atoms with Gasteiger partial charge in [0.2, 0.25) is 5.91 Å². The summed E-state index contributed by atoms with van der Waals surface area (Å²) in [5.74, 6) is 0.517. The van der Waals surface area contributed by atoms with Crippen molar-refractivity contribution in [3.05, 3.63) is 54.1 Å². The first-order valence-electron chi connectivity index (χ1n) is 9.72. The molecule has 2 amide bonds. The Hall–Kier alpha value is -2.93. The summed E-state index contributed by atoms with van der Waals surface area (Å²) in [4.78, 5) is 24.7. The Balaban J connectivity index is 1.55. The van der Waals surface area contributed by atoms with Gasteiger partial charge in [-0.2, -0.15) is 0 Å². The molecule has 1 aliphatic carbocycles. The molecule has 0 spiro atoms. The van der Waals surface area contributed by atoms with Crippen molar-refractivity contribution in [3.8, 4) is 5.75 Å². The third-order valence-electron chi connectivity index (χ3n) is 4.94. The summed E-state index contributed by atoms with van der Waals surface area (Å²) in [5.41, 5.74) is 1.87. The van der Waals surface area contributed by atoms with Gasteiger partial charge in [0.1, 0.15) is 5.75 Å². The normalized spacial score (nSPS) is 14.0. The zero-order valence-corrected chi connectivity index (χ0v) is 17.2. The molecular formula is C22H25N3O3S. The number of methoxy groups -OCH3 is 1. The Kier molecular flexibility index (Phi) is 7.19. The van der Waals surface area contributed by atoms with E-state index in [2.05, 4.69) is 16.0 Å². The Bertz CT molecular complexity index is 877. The lowest BCUT2D eigenvalue weighted by Crippen LogP contribution is -2.34. The average molecular weight is 412 g/mol. The highest BCUT2D eigenvalue weighted by Crippen LogP contribution is 2.25. The average Bonchev–Trinajstić information content (AvgIpc) is 2.74. The summed E-state index contributed by atoms with van der Waals surface area (Å²) in [6.45, 7) is 0. The van der Waals surface area contributed by atoms with Crippen molar-refractivity contribution in [1.82, 2.24) is 5.32 Å². The molecule has 0 unspecified atom stereocenters. The zero-order chi connectivity index (χ0) is 20.6. The van der Waals surface area contributed by atoms with Crippen LogP contribution in [0.15, 0.2) is 48.5 Å². The van der Waals surface area contributed by atoms with Crippen molar-refractivity contribution in [2.75, 3.05) is 17.7 Å². The summed E-state index contributed by atoms with van der Waals surface area (Å²) in [7, 11) is 1.57. The molecule has 1 fully saturated rings. The fraction of sp³-hybridized carbons (Fsp3) is 0.318. The SMILES string of the molecule is COc1ccc(C(=O)NC(=S)Nc2cccc(NC(=O)C3CCCCC3)c2)cc1. The van der Waals surface area contributed by atoms with Gasteiger partial charge in [-0.1, -0.05) is 25.3 Å². The molecule has 0 saturated heterocycles. The Morgan fingerprint density at radius 1 is 0.966 bits per heavy atom. The first kappa shape index (κ1) is 20.8. The van der Waals surface area contributed by atoms with Crippen molar-refractivity contribution in [3.63, 3.8) is 0 Å². The summed E-state index contributed by atoms with van der Waals surface area (Å²) < 4.78 is 5.09. The monoisotopic (exact) mass is 411 g/mol. The fourth-order valence-electron chi connectivity index (χ4n) is 3.36. The second-order valence-electron chi connectivity index (χ2n) is 7.04. The molecule has 3 rings (SSSR count). The molecule has 0 radical (unpaired) electrons. The first-order chi connectivity index (χ1) is 14.0. The van der Waals surface area contributed by atoms with Crippen LogP contribution >= 0.6 is 12.2 Å². The zero-order valence-electron chi connectivity index (χ0n) is 16.4. The number of rotatable bonds is 5. The van der Waals surface area contributed by atoms with E-state index >= 15 is 0 Å². The third-order valence-corrected chi connectivity index (χ3v) is 5.15. The lowest BCUT2D eigenvalue weighted by atomic mass is 9.88.